The summed E-state index contributed by atoms with van der Waals surface area (Å²) in [5.74, 6) is 0.527. The molecule has 1 amide bonds. The summed E-state index contributed by atoms with van der Waals surface area (Å²) in [7, 11) is 3.38. The number of aromatic amines is 1. The molecule has 7 heteroatoms. The minimum atomic E-state index is -0.149. The van der Waals surface area contributed by atoms with Crippen LogP contribution in [0.25, 0.3) is 0 Å². The molecular weight excluding hydrogens is 268 g/mol. The van der Waals surface area contributed by atoms with Gasteiger partial charge in [-0.1, -0.05) is 0 Å². The number of carbonyl (C=O) groups is 1. The molecule has 112 valence electrons. The second kappa shape index (κ2) is 6.83. The molecule has 0 radical (unpaired) electrons. The lowest BCUT2D eigenvalue weighted by Gasteiger charge is -2.09. The Balaban J connectivity index is 1.79. The average molecular weight is 288 g/mol. The highest BCUT2D eigenvalue weighted by Crippen LogP contribution is 2.07. The van der Waals surface area contributed by atoms with E-state index in [9.17, 15) is 4.79 Å². The first-order chi connectivity index (χ1) is 10.1. The zero-order chi connectivity index (χ0) is 15.2. The van der Waals surface area contributed by atoms with E-state index in [-0.39, 0.29) is 5.91 Å². The fourth-order valence-electron chi connectivity index (χ4n) is 1.89. The van der Waals surface area contributed by atoms with Crippen LogP contribution in [0.4, 0.5) is 5.82 Å². The second-order valence-corrected chi connectivity index (χ2v) is 5.05. The number of hydrogen-bond donors (Lipinski definition) is 2. The van der Waals surface area contributed by atoms with Crippen molar-refractivity contribution in [3.63, 3.8) is 0 Å². The Kier molecular flexibility index (Phi) is 4.86. The molecule has 0 aliphatic heterocycles. The summed E-state index contributed by atoms with van der Waals surface area (Å²) < 4.78 is 0. The molecule has 0 spiro atoms. The van der Waals surface area contributed by atoms with Crippen molar-refractivity contribution >= 4 is 11.7 Å². The van der Waals surface area contributed by atoms with Gasteiger partial charge in [0.15, 0.2) is 5.69 Å². The van der Waals surface area contributed by atoms with Crippen molar-refractivity contribution in [2.75, 3.05) is 26.0 Å². The zero-order valence-electron chi connectivity index (χ0n) is 12.6. The van der Waals surface area contributed by atoms with E-state index in [0.29, 0.717) is 11.5 Å². The van der Waals surface area contributed by atoms with E-state index in [2.05, 4.69) is 25.7 Å². The van der Waals surface area contributed by atoms with Gasteiger partial charge in [-0.05, 0) is 37.5 Å². The summed E-state index contributed by atoms with van der Waals surface area (Å²) >= 11 is 0. The van der Waals surface area contributed by atoms with Crippen LogP contribution in [0.15, 0.2) is 18.3 Å². The molecule has 2 rings (SSSR count). The van der Waals surface area contributed by atoms with Crippen molar-refractivity contribution in [1.82, 2.24) is 25.3 Å². The lowest BCUT2D eigenvalue weighted by molar-refractivity contribution is 0.0821. The first-order valence-electron chi connectivity index (χ1n) is 6.86. The highest BCUT2D eigenvalue weighted by molar-refractivity contribution is 5.91. The van der Waals surface area contributed by atoms with Crippen LogP contribution in [0.1, 0.15) is 28.2 Å². The van der Waals surface area contributed by atoms with E-state index in [0.717, 1.165) is 25.1 Å². The predicted octanol–water partition coefficient (Wildman–Crippen LogP) is 1.25. The molecule has 0 aliphatic carbocycles. The lowest BCUT2D eigenvalue weighted by atomic mass is 10.1. The van der Waals surface area contributed by atoms with Gasteiger partial charge < -0.3 is 10.2 Å². The van der Waals surface area contributed by atoms with E-state index in [1.54, 1.807) is 26.2 Å². The minimum Gasteiger partial charge on any atom is -0.369 e. The average Bonchev–Trinajstić information content (AvgIpc) is 2.89. The number of aryl methyl sites for hydroxylation is 2. The Morgan fingerprint density at radius 1 is 1.33 bits per heavy atom. The summed E-state index contributed by atoms with van der Waals surface area (Å²) in [6, 6.07) is 3.45. The van der Waals surface area contributed by atoms with Gasteiger partial charge in [0, 0.05) is 26.3 Å². The van der Waals surface area contributed by atoms with Crippen molar-refractivity contribution in [2.24, 2.45) is 0 Å². The maximum atomic E-state index is 11.7. The molecule has 0 fully saturated rings. The molecule has 0 aromatic carbocycles. The van der Waals surface area contributed by atoms with Gasteiger partial charge in [-0.3, -0.25) is 9.89 Å². The van der Waals surface area contributed by atoms with Crippen molar-refractivity contribution in [3.05, 3.63) is 35.3 Å². The number of carbonyl (C=O) groups excluding carboxylic acids is 1. The van der Waals surface area contributed by atoms with Crippen LogP contribution in [-0.2, 0) is 6.42 Å². The predicted molar refractivity (Wildman–Crippen MR) is 80.2 cm³/mol. The van der Waals surface area contributed by atoms with Crippen molar-refractivity contribution in [2.45, 2.75) is 19.8 Å². The van der Waals surface area contributed by atoms with Gasteiger partial charge in [0.05, 0.1) is 6.20 Å². The maximum Gasteiger partial charge on any atom is 0.273 e. The van der Waals surface area contributed by atoms with Gasteiger partial charge in [0.2, 0.25) is 0 Å². The fourth-order valence-corrected chi connectivity index (χ4v) is 1.89. The SMILES string of the molecule is Cc1[nH]ncc1CCCNc1ccc(C(=O)N(C)C)nn1. The molecule has 0 bridgehead atoms. The maximum absolute atomic E-state index is 11.7. The lowest BCUT2D eigenvalue weighted by Crippen LogP contribution is -2.23. The van der Waals surface area contributed by atoms with E-state index in [1.807, 2.05) is 13.1 Å². The summed E-state index contributed by atoms with van der Waals surface area (Å²) in [5, 5.41) is 18.0. The van der Waals surface area contributed by atoms with Gasteiger partial charge in [-0.15, -0.1) is 10.2 Å². The zero-order valence-corrected chi connectivity index (χ0v) is 12.6. The minimum absolute atomic E-state index is 0.149. The van der Waals surface area contributed by atoms with Gasteiger partial charge >= 0.3 is 0 Å². The number of aromatic nitrogens is 4. The van der Waals surface area contributed by atoms with E-state index >= 15 is 0 Å². The number of H-pyrrole nitrogens is 1. The summed E-state index contributed by atoms with van der Waals surface area (Å²) in [4.78, 5) is 13.2. The molecule has 0 saturated heterocycles. The monoisotopic (exact) mass is 288 g/mol. The number of amides is 1. The largest absolute Gasteiger partial charge is 0.369 e. The molecule has 0 aliphatic rings. The molecule has 2 heterocycles. The quantitative estimate of drug-likeness (QED) is 0.781. The van der Waals surface area contributed by atoms with Crippen LogP contribution in [0.2, 0.25) is 0 Å². The molecule has 7 nitrogen and oxygen atoms in total. The third-order valence-corrected chi connectivity index (χ3v) is 3.15. The van der Waals surface area contributed by atoms with Gasteiger partial charge in [0.1, 0.15) is 5.82 Å². The van der Waals surface area contributed by atoms with Crippen LogP contribution in [-0.4, -0.2) is 51.8 Å². The number of nitrogens with one attached hydrogen (secondary N) is 2. The summed E-state index contributed by atoms with van der Waals surface area (Å²) in [6.45, 7) is 2.81. The number of rotatable bonds is 6. The van der Waals surface area contributed by atoms with Gasteiger partial charge in [-0.2, -0.15) is 5.10 Å². The van der Waals surface area contributed by atoms with Crippen molar-refractivity contribution in [3.8, 4) is 0 Å². The first kappa shape index (κ1) is 15.0. The Hall–Kier alpha value is -2.44. The van der Waals surface area contributed by atoms with Crippen molar-refractivity contribution in [1.29, 1.82) is 0 Å². The molecule has 0 atom stereocenters. The summed E-state index contributed by atoms with van der Waals surface area (Å²) in [6.07, 6.45) is 3.79. The summed E-state index contributed by atoms with van der Waals surface area (Å²) in [5.41, 5.74) is 2.69. The number of hydrogen-bond acceptors (Lipinski definition) is 5. The third-order valence-electron chi connectivity index (χ3n) is 3.15. The van der Waals surface area contributed by atoms with Crippen LogP contribution in [0.5, 0.6) is 0 Å². The molecule has 2 aromatic heterocycles. The molecular formula is C14H20N6O. The van der Waals surface area contributed by atoms with E-state index < -0.39 is 0 Å². The van der Waals surface area contributed by atoms with Crippen LogP contribution >= 0.6 is 0 Å². The molecule has 2 aromatic rings. The smallest absolute Gasteiger partial charge is 0.273 e. The topological polar surface area (TPSA) is 86.8 Å². The Morgan fingerprint density at radius 2 is 2.14 bits per heavy atom. The Bertz CT molecular complexity index is 590. The van der Waals surface area contributed by atoms with Gasteiger partial charge in [0.25, 0.3) is 5.91 Å². The highest BCUT2D eigenvalue weighted by atomic mass is 16.2. The Morgan fingerprint density at radius 3 is 2.71 bits per heavy atom. The number of anilines is 1. The fraction of sp³-hybridized carbons (Fsp3) is 0.429. The molecule has 2 N–H and O–H groups in total. The second-order valence-electron chi connectivity index (χ2n) is 5.05. The first-order valence-corrected chi connectivity index (χ1v) is 6.86. The molecule has 21 heavy (non-hydrogen) atoms. The standard InChI is InChI=1S/C14H20N6O/c1-10-11(9-16-17-10)5-4-8-15-13-7-6-12(18-19-13)14(21)20(2)3/h6-7,9H,4-5,8H2,1-3H3,(H,15,19)(H,16,17). The van der Waals surface area contributed by atoms with Crippen LogP contribution < -0.4 is 5.32 Å². The van der Waals surface area contributed by atoms with Crippen LogP contribution in [0.3, 0.4) is 0 Å². The van der Waals surface area contributed by atoms with E-state index in [4.69, 9.17) is 0 Å². The Labute approximate surface area is 123 Å². The van der Waals surface area contributed by atoms with Crippen LogP contribution in [0, 0.1) is 6.92 Å². The van der Waals surface area contributed by atoms with E-state index in [1.165, 1.54) is 10.5 Å². The highest BCUT2D eigenvalue weighted by Gasteiger charge is 2.09. The molecule has 0 unspecified atom stereocenters. The molecule has 0 saturated carbocycles. The normalized spacial score (nSPS) is 10.4. The van der Waals surface area contributed by atoms with Crippen molar-refractivity contribution < 1.29 is 4.79 Å². The number of nitrogens with zero attached hydrogens (tertiary/aromatic N) is 4. The van der Waals surface area contributed by atoms with Gasteiger partial charge in [-0.25, -0.2) is 0 Å². The third kappa shape index (κ3) is 4.01.